The second kappa shape index (κ2) is 43.7. The minimum Gasteiger partial charge on any atom is -0.461 e. The first-order valence-electron chi connectivity index (χ1n) is 23.6. The number of unbranched alkanes of at least 4 members (excludes halogenated alkanes) is 24. The Balaban J connectivity index is 4.68. The number of aliphatic hydroxyl groups excluding tert-OH is 2. The van der Waals surface area contributed by atoms with E-state index in [1.807, 2.05) is 54.7 Å². The van der Waals surface area contributed by atoms with Crippen molar-refractivity contribution in [2.24, 2.45) is 0 Å². The maximum atomic E-state index is 13.1. The van der Waals surface area contributed by atoms with Crippen LogP contribution in [0.25, 0.3) is 0 Å². The highest BCUT2D eigenvalue weighted by atomic mass is 16.5. The zero-order valence-corrected chi connectivity index (χ0v) is 36.8. The van der Waals surface area contributed by atoms with Crippen LogP contribution in [-0.4, -0.2) is 46.9 Å². The number of carbonyl (C=O) groups excluding carboxylic acids is 2. The Morgan fingerprint density at radius 3 is 1.36 bits per heavy atom. The summed E-state index contributed by atoms with van der Waals surface area (Å²) in [5.41, 5.74) is 0. The monoisotopic (exact) mass is 784 g/mol. The number of nitrogens with one attached hydrogen (secondary N) is 1. The van der Waals surface area contributed by atoms with Crippen LogP contribution in [-0.2, 0) is 14.3 Å². The van der Waals surface area contributed by atoms with E-state index < -0.39 is 18.2 Å². The van der Waals surface area contributed by atoms with E-state index in [1.165, 1.54) is 128 Å². The van der Waals surface area contributed by atoms with Crippen molar-refractivity contribution in [2.75, 3.05) is 6.61 Å². The van der Waals surface area contributed by atoms with Crippen LogP contribution in [0, 0.1) is 0 Å². The summed E-state index contributed by atoms with van der Waals surface area (Å²) in [4.78, 5) is 25.9. The number of ether oxygens (including phenoxy) is 1. The van der Waals surface area contributed by atoms with Gasteiger partial charge in [0.25, 0.3) is 0 Å². The summed E-state index contributed by atoms with van der Waals surface area (Å²) in [6.45, 7) is 6.29. The predicted molar refractivity (Wildman–Crippen MR) is 241 cm³/mol. The molecule has 0 aromatic heterocycles. The first-order valence-corrected chi connectivity index (χ1v) is 23.6. The predicted octanol–water partition coefficient (Wildman–Crippen LogP) is 13.7. The minimum absolute atomic E-state index is 0.0175. The van der Waals surface area contributed by atoms with Gasteiger partial charge in [-0.25, -0.2) is 0 Å². The van der Waals surface area contributed by atoms with Crippen molar-refractivity contribution in [2.45, 2.75) is 238 Å². The number of hydrogen-bond donors (Lipinski definition) is 3. The van der Waals surface area contributed by atoms with Crippen molar-refractivity contribution >= 4 is 11.9 Å². The van der Waals surface area contributed by atoms with E-state index in [2.05, 4.69) is 32.2 Å². The van der Waals surface area contributed by atoms with E-state index in [0.717, 1.165) is 44.9 Å². The van der Waals surface area contributed by atoms with Gasteiger partial charge in [0.2, 0.25) is 5.91 Å². The summed E-state index contributed by atoms with van der Waals surface area (Å²) >= 11 is 0. The third-order valence-electron chi connectivity index (χ3n) is 10.5. The lowest BCUT2D eigenvalue weighted by Crippen LogP contribution is -2.46. The zero-order valence-electron chi connectivity index (χ0n) is 36.8. The minimum atomic E-state index is -0.816. The quantitative estimate of drug-likeness (QED) is 0.0326. The normalized spacial score (nSPS) is 13.9. The maximum Gasteiger partial charge on any atom is 0.306 e. The Morgan fingerprint density at radius 1 is 0.536 bits per heavy atom. The van der Waals surface area contributed by atoms with Crippen LogP contribution >= 0.6 is 0 Å². The molecule has 6 heteroatoms. The number of aliphatic hydroxyl groups is 2. The molecule has 6 nitrogen and oxygen atoms in total. The Bertz CT molecular complexity index is 1010. The average molecular weight is 784 g/mol. The molecule has 0 radical (unpaired) electrons. The van der Waals surface area contributed by atoms with Crippen LogP contribution in [0.5, 0.6) is 0 Å². The van der Waals surface area contributed by atoms with Gasteiger partial charge in [-0.05, 0) is 19.3 Å². The second-order valence-electron chi connectivity index (χ2n) is 15.9. The van der Waals surface area contributed by atoms with Crippen molar-refractivity contribution in [3.63, 3.8) is 0 Å². The van der Waals surface area contributed by atoms with Gasteiger partial charge in [-0.15, -0.1) is 0 Å². The van der Waals surface area contributed by atoms with Crippen LogP contribution in [0.3, 0.4) is 0 Å². The summed E-state index contributed by atoms with van der Waals surface area (Å²) in [5.74, 6) is -0.606. The van der Waals surface area contributed by atoms with Crippen molar-refractivity contribution in [3.8, 4) is 0 Å². The van der Waals surface area contributed by atoms with Gasteiger partial charge in [-0.3, -0.25) is 9.59 Å². The molecule has 3 unspecified atom stereocenters. The highest BCUT2D eigenvalue weighted by Crippen LogP contribution is 2.16. The molecule has 3 N–H and O–H groups in total. The van der Waals surface area contributed by atoms with E-state index in [9.17, 15) is 19.8 Å². The number of amides is 1. The Labute approximate surface area is 346 Å². The number of allylic oxidation sites excluding steroid dienone is 9. The molecule has 3 atom stereocenters. The van der Waals surface area contributed by atoms with Crippen LogP contribution in [0.4, 0.5) is 0 Å². The molecule has 0 heterocycles. The topological polar surface area (TPSA) is 95.9 Å². The summed E-state index contributed by atoms with van der Waals surface area (Å²) in [5, 5.41) is 23.6. The van der Waals surface area contributed by atoms with Crippen LogP contribution < -0.4 is 5.32 Å². The number of rotatable bonds is 41. The third-order valence-corrected chi connectivity index (χ3v) is 10.5. The van der Waals surface area contributed by atoms with Crippen LogP contribution in [0.2, 0.25) is 0 Å². The van der Waals surface area contributed by atoms with Gasteiger partial charge in [0.1, 0.15) is 6.10 Å². The number of esters is 1. The SMILES string of the molecule is CC/C=C/C=C/C=C\C=C/C=C/CC(CC(=O)NC(CO)C(O)CCCCCCCCCCCCCCC)OC(=O)CCCCCCCCCCCCCCC. The zero-order chi connectivity index (χ0) is 41.0. The number of hydrogen-bond acceptors (Lipinski definition) is 5. The fourth-order valence-corrected chi connectivity index (χ4v) is 6.92. The van der Waals surface area contributed by atoms with Gasteiger partial charge in [0, 0.05) is 12.8 Å². The van der Waals surface area contributed by atoms with Crippen molar-refractivity contribution in [3.05, 3.63) is 60.8 Å². The molecule has 0 aliphatic heterocycles. The molecule has 0 aromatic carbocycles. The smallest absolute Gasteiger partial charge is 0.306 e. The lowest BCUT2D eigenvalue weighted by molar-refractivity contribution is -0.150. The summed E-state index contributed by atoms with van der Waals surface area (Å²) < 4.78 is 5.82. The van der Waals surface area contributed by atoms with Crippen molar-refractivity contribution in [1.82, 2.24) is 5.32 Å². The molecule has 324 valence electrons. The number of carbonyl (C=O) groups is 2. The van der Waals surface area contributed by atoms with E-state index in [0.29, 0.717) is 19.3 Å². The Morgan fingerprint density at radius 2 is 0.929 bits per heavy atom. The standard InChI is InChI=1S/C50H89NO5/c1-4-7-10-13-16-19-22-24-27-30-33-36-39-42-48(53)47(45-52)51-49(54)44-46(41-38-35-32-29-26-21-18-15-12-9-6-3)56-50(55)43-40-37-34-31-28-25-23-20-17-14-11-8-5-2/h9,12,15,18,21,26,29,32,35,38,46-48,52-53H,4-8,10-11,13-14,16-17,19-20,22-25,27-28,30-31,33-34,36-37,39-45H2,1-3H3,(H,51,54)/b12-9+,18-15+,26-21-,32-29-,38-35+. The molecule has 0 aliphatic carbocycles. The third kappa shape index (κ3) is 38.4. The molecule has 1 amide bonds. The van der Waals surface area contributed by atoms with E-state index in [1.54, 1.807) is 0 Å². The molecule has 0 spiro atoms. The van der Waals surface area contributed by atoms with E-state index in [4.69, 9.17) is 4.74 Å². The first kappa shape index (κ1) is 53.6. The molecule has 0 rings (SSSR count). The molecular weight excluding hydrogens is 695 g/mol. The summed E-state index contributed by atoms with van der Waals surface area (Å²) in [6.07, 6.45) is 53.0. The summed E-state index contributed by atoms with van der Waals surface area (Å²) in [7, 11) is 0. The van der Waals surface area contributed by atoms with Crippen LogP contribution in [0.15, 0.2) is 60.8 Å². The first-order chi connectivity index (χ1) is 27.5. The molecule has 0 aromatic rings. The lowest BCUT2D eigenvalue weighted by Gasteiger charge is -2.24. The molecular formula is C50H89NO5. The van der Waals surface area contributed by atoms with Crippen LogP contribution in [0.1, 0.15) is 220 Å². The largest absolute Gasteiger partial charge is 0.461 e. The molecule has 0 fully saturated rings. The van der Waals surface area contributed by atoms with Gasteiger partial charge < -0.3 is 20.3 Å². The summed E-state index contributed by atoms with van der Waals surface area (Å²) in [6, 6.07) is -0.737. The Hall–Kier alpha value is -2.44. The molecule has 0 saturated carbocycles. The molecule has 0 saturated heterocycles. The second-order valence-corrected chi connectivity index (χ2v) is 15.9. The van der Waals surface area contributed by atoms with Gasteiger partial charge in [-0.2, -0.15) is 0 Å². The molecule has 0 bridgehead atoms. The van der Waals surface area contributed by atoms with Gasteiger partial charge in [0.05, 0.1) is 25.2 Å². The van der Waals surface area contributed by atoms with E-state index in [-0.39, 0.29) is 24.9 Å². The molecule has 0 aliphatic rings. The fraction of sp³-hybridized carbons (Fsp3) is 0.760. The van der Waals surface area contributed by atoms with Gasteiger partial charge in [0.15, 0.2) is 0 Å². The highest BCUT2D eigenvalue weighted by molar-refractivity contribution is 5.77. The Kier molecular flexibility index (Phi) is 41.8. The highest BCUT2D eigenvalue weighted by Gasteiger charge is 2.23. The van der Waals surface area contributed by atoms with Gasteiger partial charge >= 0.3 is 5.97 Å². The maximum absolute atomic E-state index is 13.1. The lowest BCUT2D eigenvalue weighted by atomic mass is 10.0. The molecule has 56 heavy (non-hydrogen) atoms. The van der Waals surface area contributed by atoms with Gasteiger partial charge in [-0.1, -0.05) is 242 Å². The fourth-order valence-electron chi connectivity index (χ4n) is 6.92. The van der Waals surface area contributed by atoms with Crippen molar-refractivity contribution in [1.29, 1.82) is 0 Å². The van der Waals surface area contributed by atoms with E-state index >= 15 is 0 Å². The van der Waals surface area contributed by atoms with Crippen molar-refractivity contribution < 1.29 is 24.5 Å². The average Bonchev–Trinajstić information content (AvgIpc) is 3.19.